The van der Waals surface area contributed by atoms with Crippen molar-refractivity contribution in [2.24, 2.45) is 5.73 Å². The fraction of sp³-hybridized carbons (Fsp3) is 0.688. The molecule has 7 N–H and O–H groups in total. The Balaban J connectivity index is 5.24. The molecule has 0 radical (unpaired) electrons. The van der Waals surface area contributed by atoms with Crippen molar-refractivity contribution in [1.82, 2.24) is 16.0 Å². The number of hydrogen-bond donors (Lipinski definition) is 7. The first-order valence-corrected chi connectivity index (χ1v) is 10.8. The Morgan fingerprint density at radius 1 is 0.931 bits per heavy atom. The Morgan fingerprint density at radius 3 is 1.90 bits per heavy atom. The Labute approximate surface area is 178 Å². The lowest BCUT2D eigenvalue weighted by Crippen LogP contribution is -2.57. The van der Waals surface area contributed by atoms with Gasteiger partial charge in [0.25, 0.3) is 0 Å². The molecule has 0 aliphatic carbocycles. The van der Waals surface area contributed by atoms with Crippen LogP contribution >= 0.6 is 24.4 Å². The second-order valence-corrected chi connectivity index (χ2v) is 7.56. The molecule has 0 aromatic carbocycles. The summed E-state index contributed by atoms with van der Waals surface area (Å²) in [6, 6.07) is -4.46. The maximum atomic E-state index is 12.5. The van der Waals surface area contributed by atoms with Gasteiger partial charge in [-0.15, -0.1) is 0 Å². The summed E-state index contributed by atoms with van der Waals surface area (Å²) >= 11 is 5.39. The van der Waals surface area contributed by atoms with E-state index in [1.165, 1.54) is 18.7 Å². The van der Waals surface area contributed by atoms with Gasteiger partial charge < -0.3 is 31.9 Å². The molecule has 4 atom stereocenters. The normalized spacial score (nSPS) is 14.8. The summed E-state index contributed by atoms with van der Waals surface area (Å²) in [5, 5.41) is 25.1. The summed E-state index contributed by atoms with van der Waals surface area (Å²) in [6.07, 6.45) is 1.25. The van der Waals surface area contributed by atoms with E-state index in [9.17, 15) is 29.1 Å². The number of nitrogens with two attached hydrogens (primary N) is 1. The van der Waals surface area contributed by atoms with Gasteiger partial charge in [-0.25, -0.2) is 4.79 Å². The SMILES string of the molecule is CSCCC(NC(=O)C(CCC(=O)O)NC(=O)C(CS)NC(=O)C(C)N)C(=O)O. The van der Waals surface area contributed by atoms with Crippen molar-refractivity contribution in [3.8, 4) is 0 Å². The van der Waals surface area contributed by atoms with E-state index in [-0.39, 0.29) is 18.6 Å². The number of nitrogens with one attached hydrogen (secondary N) is 3. The number of carboxylic acid groups (broad SMARTS) is 2. The molecule has 0 aromatic heterocycles. The van der Waals surface area contributed by atoms with Gasteiger partial charge in [-0.05, 0) is 31.8 Å². The van der Waals surface area contributed by atoms with Crippen LogP contribution in [0.15, 0.2) is 0 Å². The number of rotatable bonds is 14. The zero-order valence-electron chi connectivity index (χ0n) is 16.2. The highest BCUT2D eigenvalue weighted by Crippen LogP contribution is 2.05. The first kappa shape index (κ1) is 27.0. The number of hydrogen-bond acceptors (Lipinski definition) is 8. The van der Waals surface area contributed by atoms with E-state index in [1.54, 1.807) is 6.26 Å². The smallest absolute Gasteiger partial charge is 0.326 e. The Morgan fingerprint density at radius 2 is 1.45 bits per heavy atom. The fourth-order valence-corrected chi connectivity index (χ4v) is 2.80. The van der Waals surface area contributed by atoms with Gasteiger partial charge in [0.15, 0.2) is 0 Å². The minimum Gasteiger partial charge on any atom is -0.481 e. The van der Waals surface area contributed by atoms with Crippen LogP contribution in [0.4, 0.5) is 0 Å². The molecule has 166 valence electrons. The Bertz CT molecular complexity index is 604. The molecule has 0 saturated carbocycles. The van der Waals surface area contributed by atoms with Crippen molar-refractivity contribution >= 4 is 54.1 Å². The van der Waals surface area contributed by atoms with Crippen LogP contribution in [0, 0.1) is 0 Å². The average Bonchev–Trinajstić information content (AvgIpc) is 2.65. The van der Waals surface area contributed by atoms with Crippen LogP contribution in [0.25, 0.3) is 0 Å². The van der Waals surface area contributed by atoms with Gasteiger partial charge in [-0.2, -0.15) is 24.4 Å². The lowest BCUT2D eigenvalue weighted by Gasteiger charge is -2.24. The third-order valence-corrected chi connectivity index (χ3v) is 4.74. The molecule has 0 aliphatic heterocycles. The number of thioether (sulfide) groups is 1. The van der Waals surface area contributed by atoms with Crippen molar-refractivity contribution in [1.29, 1.82) is 0 Å². The van der Waals surface area contributed by atoms with Crippen LogP contribution in [0.2, 0.25) is 0 Å². The van der Waals surface area contributed by atoms with Crippen LogP contribution < -0.4 is 21.7 Å². The van der Waals surface area contributed by atoms with Gasteiger partial charge in [0.2, 0.25) is 17.7 Å². The second kappa shape index (κ2) is 14.1. The summed E-state index contributed by atoms with van der Waals surface area (Å²) in [6.45, 7) is 1.42. The number of amides is 3. The van der Waals surface area contributed by atoms with Crippen LogP contribution in [0.5, 0.6) is 0 Å². The highest BCUT2D eigenvalue weighted by Gasteiger charge is 2.29. The largest absolute Gasteiger partial charge is 0.481 e. The second-order valence-electron chi connectivity index (χ2n) is 6.21. The molecular formula is C16H28N4O7S2. The summed E-state index contributed by atoms with van der Waals surface area (Å²) in [5.74, 6) is -4.25. The lowest BCUT2D eigenvalue weighted by molar-refractivity contribution is -0.143. The number of carbonyl (C=O) groups is 5. The number of carboxylic acids is 2. The summed E-state index contributed by atoms with van der Waals surface area (Å²) in [4.78, 5) is 58.8. The van der Waals surface area contributed by atoms with Crippen LogP contribution in [0.3, 0.4) is 0 Å². The maximum Gasteiger partial charge on any atom is 0.326 e. The quantitative estimate of drug-likeness (QED) is 0.153. The third-order valence-electron chi connectivity index (χ3n) is 3.73. The topological polar surface area (TPSA) is 188 Å². The molecule has 11 nitrogen and oxygen atoms in total. The van der Waals surface area contributed by atoms with Crippen molar-refractivity contribution in [2.75, 3.05) is 17.8 Å². The van der Waals surface area contributed by atoms with E-state index in [0.717, 1.165) is 0 Å². The van der Waals surface area contributed by atoms with Crippen molar-refractivity contribution in [3.05, 3.63) is 0 Å². The molecule has 0 fully saturated rings. The van der Waals surface area contributed by atoms with Crippen LogP contribution in [0.1, 0.15) is 26.2 Å². The molecule has 0 bridgehead atoms. The summed E-state index contributed by atoms with van der Waals surface area (Å²) in [7, 11) is 0. The van der Waals surface area contributed by atoms with Gasteiger partial charge in [-0.1, -0.05) is 0 Å². The molecule has 3 amide bonds. The number of aliphatic carboxylic acids is 2. The highest BCUT2D eigenvalue weighted by atomic mass is 32.2. The van der Waals surface area contributed by atoms with Crippen molar-refractivity contribution < 1.29 is 34.2 Å². The maximum absolute atomic E-state index is 12.5. The molecule has 0 aromatic rings. The number of thiol groups is 1. The van der Waals surface area contributed by atoms with E-state index in [1.807, 2.05) is 0 Å². The Kier molecular flexibility index (Phi) is 13.1. The van der Waals surface area contributed by atoms with E-state index >= 15 is 0 Å². The molecule has 4 unspecified atom stereocenters. The molecule has 0 spiro atoms. The number of carbonyl (C=O) groups excluding carboxylic acids is 3. The molecule has 29 heavy (non-hydrogen) atoms. The third kappa shape index (κ3) is 10.9. The fourth-order valence-electron chi connectivity index (χ4n) is 2.07. The first-order chi connectivity index (χ1) is 13.5. The van der Waals surface area contributed by atoms with Crippen molar-refractivity contribution in [2.45, 2.75) is 50.4 Å². The van der Waals surface area contributed by atoms with Gasteiger partial charge in [0.1, 0.15) is 18.1 Å². The molecule has 0 aliphatic rings. The average molecular weight is 453 g/mol. The zero-order valence-corrected chi connectivity index (χ0v) is 17.9. The van der Waals surface area contributed by atoms with Gasteiger partial charge in [0.05, 0.1) is 6.04 Å². The van der Waals surface area contributed by atoms with Gasteiger partial charge in [-0.3, -0.25) is 19.2 Å². The molecule has 0 saturated heterocycles. The van der Waals surface area contributed by atoms with Crippen LogP contribution in [-0.2, 0) is 24.0 Å². The zero-order chi connectivity index (χ0) is 22.6. The van der Waals surface area contributed by atoms with E-state index in [4.69, 9.17) is 10.8 Å². The molecule has 0 rings (SSSR count). The predicted octanol–water partition coefficient (Wildman–Crippen LogP) is -1.58. The molecule has 0 heterocycles. The van der Waals surface area contributed by atoms with Gasteiger partial charge in [0, 0.05) is 12.2 Å². The monoisotopic (exact) mass is 452 g/mol. The molecular weight excluding hydrogens is 424 g/mol. The summed E-state index contributed by atoms with van der Waals surface area (Å²) < 4.78 is 0. The molecule has 13 heteroatoms. The highest BCUT2D eigenvalue weighted by molar-refractivity contribution is 7.98. The Hall–Kier alpha value is -1.99. The first-order valence-electron chi connectivity index (χ1n) is 8.74. The van der Waals surface area contributed by atoms with E-state index in [2.05, 4.69) is 28.6 Å². The minimum absolute atomic E-state index is 0.0942. The predicted molar refractivity (Wildman–Crippen MR) is 111 cm³/mol. The standard InChI is InChI=1S/C16H28N4O7S2/c1-8(17)13(23)20-11(7-28)15(25)18-9(3-4-12(21)22)14(24)19-10(16(26)27)5-6-29-2/h8-11,28H,3-7,17H2,1-2H3,(H,18,25)(H,19,24)(H,20,23)(H,21,22)(H,26,27). The van der Waals surface area contributed by atoms with Crippen LogP contribution in [-0.4, -0.2) is 81.8 Å². The van der Waals surface area contributed by atoms with Crippen molar-refractivity contribution in [3.63, 3.8) is 0 Å². The van der Waals surface area contributed by atoms with E-state index in [0.29, 0.717) is 5.75 Å². The summed E-state index contributed by atoms with van der Waals surface area (Å²) in [5.41, 5.74) is 5.44. The van der Waals surface area contributed by atoms with Gasteiger partial charge >= 0.3 is 11.9 Å². The van der Waals surface area contributed by atoms with E-state index < -0.39 is 60.2 Å². The lowest BCUT2D eigenvalue weighted by atomic mass is 10.1. The minimum atomic E-state index is -1.30.